The van der Waals surface area contributed by atoms with Crippen molar-refractivity contribution in [3.63, 3.8) is 0 Å². The van der Waals surface area contributed by atoms with Crippen molar-refractivity contribution in [3.8, 4) is 0 Å². The Morgan fingerprint density at radius 2 is 1.95 bits per heavy atom. The monoisotopic (exact) mass is 359 g/mol. The van der Waals surface area contributed by atoms with E-state index in [1.165, 1.54) is 18.7 Å². The van der Waals surface area contributed by atoms with Gasteiger partial charge in [0.1, 0.15) is 5.69 Å². The average molecular weight is 361 g/mol. The van der Waals surface area contributed by atoms with Crippen molar-refractivity contribution in [1.29, 1.82) is 0 Å². The fourth-order valence-electron chi connectivity index (χ4n) is 1.40. The molecule has 0 saturated heterocycles. The molecule has 0 amide bonds. The Balaban J connectivity index is 2.44. The van der Waals surface area contributed by atoms with Gasteiger partial charge in [-0.2, -0.15) is 0 Å². The highest BCUT2D eigenvalue weighted by Gasteiger charge is 2.22. The molecule has 19 heavy (non-hydrogen) atoms. The maximum atomic E-state index is 11.1. The minimum absolute atomic E-state index is 0.00251. The second-order valence-electron chi connectivity index (χ2n) is 3.54. The average Bonchev–Trinajstić information content (AvgIpc) is 2.30. The number of nitrogens with zero attached hydrogens (tertiary/aromatic N) is 3. The van der Waals surface area contributed by atoms with Crippen molar-refractivity contribution in [2.24, 2.45) is 0 Å². The third-order valence-corrected chi connectivity index (χ3v) is 3.89. The summed E-state index contributed by atoms with van der Waals surface area (Å²) in [5.74, 6) is 0. The molecule has 0 aliphatic carbocycles. The standard InChI is InChI=1S/C11H7BrClN3O2S/c1-6-9(16(17)18)10(15-11(13)14-6)19-8-4-2-7(12)3-5-8/h2-5H,1H3. The van der Waals surface area contributed by atoms with Gasteiger partial charge in [0.2, 0.25) is 5.28 Å². The van der Waals surface area contributed by atoms with Crippen molar-refractivity contribution >= 4 is 45.0 Å². The van der Waals surface area contributed by atoms with Gasteiger partial charge in [0, 0.05) is 9.37 Å². The van der Waals surface area contributed by atoms with E-state index in [0.29, 0.717) is 0 Å². The van der Waals surface area contributed by atoms with Crippen molar-refractivity contribution in [1.82, 2.24) is 9.97 Å². The largest absolute Gasteiger partial charge is 0.322 e. The van der Waals surface area contributed by atoms with Gasteiger partial charge in [0.15, 0.2) is 5.03 Å². The topological polar surface area (TPSA) is 68.9 Å². The second-order valence-corrected chi connectivity index (χ2v) is 5.86. The molecular weight excluding hydrogens is 354 g/mol. The summed E-state index contributed by atoms with van der Waals surface area (Å²) in [5, 5.41) is 11.3. The number of aromatic nitrogens is 2. The number of aryl methyl sites for hydroxylation is 1. The fourth-order valence-corrected chi connectivity index (χ4v) is 2.88. The Bertz CT molecular complexity index is 637. The third-order valence-electron chi connectivity index (χ3n) is 2.21. The van der Waals surface area contributed by atoms with Gasteiger partial charge in [0.05, 0.1) is 4.92 Å². The van der Waals surface area contributed by atoms with Gasteiger partial charge < -0.3 is 0 Å². The maximum Gasteiger partial charge on any atom is 0.322 e. The Morgan fingerprint density at radius 1 is 1.32 bits per heavy atom. The van der Waals surface area contributed by atoms with E-state index < -0.39 is 4.92 Å². The van der Waals surface area contributed by atoms with Gasteiger partial charge in [-0.3, -0.25) is 10.1 Å². The smallest absolute Gasteiger partial charge is 0.258 e. The molecule has 0 unspecified atom stereocenters. The molecule has 0 N–H and O–H groups in total. The van der Waals surface area contributed by atoms with Crippen LogP contribution < -0.4 is 0 Å². The molecule has 0 aliphatic heterocycles. The first-order chi connectivity index (χ1) is 8.97. The van der Waals surface area contributed by atoms with Gasteiger partial charge in [-0.1, -0.05) is 27.7 Å². The molecule has 0 spiro atoms. The van der Waals surface area contributed by atoms with Crippen LogP contribution in [0.5, 0.6) is 0 Å². The number of halogens is 2. The molecule has 8 heteroatoms. The van der Waals surface area contributed by atoms with Crippen LogP contribution in [0.2, 0.25) is 5.28 Å². The minimum atomic E-state index is -0.493. The summed E-state index contributed by atoms with van der Waals surface area (Å²) in [4.78, 5) is 19.1. The summed E-state index contributed by atoms with van der Waals surface area (Å²) in [6.07, 6.45) is 0. The van der Waals surface area contributed by atoms with Crippen LogP contribution in [-0.4, -0.2) is 14.9 Å². The van der Waals surface area contributed by atoms with Gasteiger partial charge >= 0.3 is 5.69 Å². The molecule has 98 valence electrons. The van der Waals surface area contributed by atoms with Crippen LogP contribution in [0, 0.1) is 17.0 Å². The first-order valence-corrected chi connectivity index (χ1v) is 7.08. The lowest BCUT2D eigenvalue weighted by Crippen LogP contribution is -2.00. The van der Waals surface area contributed by atoms with E-state index in [2.05, 4.69) is 25.9 Å². The molecular formula is C11H7BrClN3O2S. The first-order valence-electron chi connectivity index (χ1n) is 5.09. The molecule has 0 radical (unpaired) electrons. The van der Waals surface area contributed by atoms with Gasteiger partial charge in [-0.05, 0) is 42.8 Å². The van der Waals surface area contributed by atoms with E-state index in [-0.39, 0.29) is 21.7 Å². The molecule has 5 nitrogen and oxygen atoms in total. The van der Waals surface area contributed by atoms with Crippen LogP contribution in [0.25, 0.3) is 0 Å². The highest BCUT2D eigenvalue weighted by molar-refractivity contribution is 9.10. The zero-order valence-electron chi connectivity index (χ0n) is 9.63. The summed E-state index contributed by atoms with van der Waals surface area (Å²) in [7, 11) is 0. The zero-order chi connectivity index (χ0) is 14.0. The van der Waals surface area contributed by atoms with E-state index in [4.69, 9.17) is 11.6 Å². The predicted octanol–water partition coefficient (Wildman–Crippen LogP) is 4.26. The molecule has 2 aromatic rings. The lowest BCUT2D eigenvalue weighted by atomic mass is 10.4. The van der Waals surface area contributed by atoms with Crippen LogP contribution in [0.15, 0.2) is 38.7 Å². The van der Waals surface area contributed by atoms with Gasteiger partial charge in [-0.25, -0.2) is 9.97 Å². The molecule has 0 fully saturated rings. The van der Waals surface area contributed by atoms with E-state index in [9.17, 15) is 10.1 Å². The number of hydrogen-bond acceptors (Lipinski definition) is 5. The van der Waals surface area contributed by atoms with Crippen LogP contribution in [0.1, 0.15) is 5.69 Å². The predicted molar refractivity (Wildman–Crippen MR) is 76.7 cm³/mol. The Kier molecular flexibility index (Phi) is 4.38. The molecule has 1 heterocycles. The van der Waals surface area contributed by atoms with E-state index >= 15 is 0 Å². The molecule has 0 aliphatic rings. The van der Waals surface area contributed by atoms with E-state index in [1.54, 1.807) is 0 Å². The number of nitro groups is 1. The normalized spacial score (nSPS) is 10.5. The number of rotatable bonds is 3. The van der Waals surface area contributed by atoms with Gasteiger partial charge in [-0.15, -0.1) is 0 Å². The zero-order valence-corrected chi connectivity index (χ0v) is 12.8. The summed E-state index contributed by atoms with van der Waals surface area (Å²) in [5.41, 5.74) is 0.141. The summed E-state index contributed by atoms with van der Waals surface area (Å²) in [6.45, 7) is 1.54. The Morgan fingerprint density at radius 3 is 2.53 bits per heavy atom. The minimum Gasteiger partial charge on any atom is -0.258 e. The van der Waals surface area contributed by atoms with E-state index in [1.807, 2.05) is 24.3 Å². The van der Waals surface area contributed by atoms with Crippen LogP contribution in [-0.2, 0) is 0 Å². The van der Waals surface area contributed by atoms with Crippen LogP contribution >= 0.6 is 39.3 Å². The summed E-state index contributed by atoms with van der Waals surface area (Å²) in [6, 6.07) is 7.38. The first kappa shape index (κ1) is 14.2. The molecule has 1 aromatic heterocycles. The quantitative estimate of drug-likeness (QED) is 0.354. The summed E-state index contributed by atoms with van der Waals surface area (Å²) < 4.78 is 0.934. The van der Waals surface area contributed by atoms with Gasteiger partial charge in [0.25, 0.3) is 0 Å². The Hall–Kier alpha value is -1.18. The molecule has 0 saturated carbocycles. The van der Waals surface area contributed by atoms with E-state index in [0.717, 1.165) is 9.37 Å². The van der Waals surface area contributed by atoms with Crippen molar-refractivity contribution < 1.29 is 4.92 Å². The molecule has 2 rings (SSSR count). The fraction of sp³-hybridized carbons (Fsp3) is 0.0909. The SMILES string of the molecule is Cc1nc(Cl)nc(Sc2ccc(Br)cc2)c1[N+](=O)[O-]. The lowest BCUT2D eigenvalue weighted by Gasteiger charge is -2.04. The maximum absolute atomic E-state index is 11.1. The Labute approximate surface area is 126 Å². The number of benzene rings is 1. The second kappa shape index (κ2) is 5.85. The van der Waals surface area contributed by atoms with Crippen LogP contribution in [0.4, 0.5) is 5.69 Å². The third kappa shape index (κ3) is 3.43. The molecule has 0 bridgehead atoms. The molecule has 1 aromatic carbocycles. The molecule has 0 atom stereocenters. The van der Waals surface area contributed by atoms with Crippen molar-refractivity contribution in [2.45, 2.75) is 16.8 Å². The lowest BCUT2D eigenvalue weighted by molar-refractivity contribution is -0.389. The van der Waals surface area contributed by atoms with Crippen molar-refractivity contribution in [3.05, 3.63) is 49.8 Å². The van der Waals surface area contributed by atoms with Crippen LogP contribution in [0.3, 0.4) is 0 Å². The highest BCUT2D eigenvalue weighted by atomic mass is 79.9. The summed E-state index contributed by atoms with van der Waals surface area (Å²) >= 11 is 10.3. The van der Waals surface area contributed by atoms with Crippen molar-refractivity contribution in [2.75, 3.05) is 0 Å². The highest BCUT2D eigenvalue weighted by Crippen LogP contribution is 2.35. The number of hydrogen-bond donors (Lipinski definition) is 0.